The number of halogens is 1. The predicted molar refractivity (Wildman–Crippen MR) is 67.0 cm³/mol. The van der Waals surface area contributed by atoms with Crippen LogP contribution in [-0.4, -0.2) is 42.5 Å². The number of aromatic nitrogens is 2. The van der Waals surface area contributed by atoms with E-state index in [1.807, 2.05) is 13.1 Å². The summed E-state index contributed by atoms with van der Waals surface area (Å²) in [6, 6.07) is 1.87. The van der Waals surface area contributed by atoms with Crippen molar-refractivity contribution in [3.63, 3.8) is 0 Å². The van der Waals surface area contributed by atoms with Gasteiger partial charge < -0.3 is 15.4 Å². The first-order valence-electron chi connectivity index (χ1n) is 5.17. The summed E-state index contributed by atoms with van der Waals surface area (Å²) >= 11 is 0. The Kier molecular flexibility index (Phi) is 8.39. The lowest BCUT2D eigenvalue weighted by Crippen LogP contribution is -2.35. The zero-order valence-electron chi connectivity index (χ0n) is 10.1. The summed E-state index contributed by atoms with van der Waals surface area (Å²) in [5, 5.41) is 9.79. The lowest BCUT2D eigenvalue weighted by Gasteiger charge is -2.06. The SMILES string of the molecule is COCCNCC(=O)NCc1ccnn1C.Cl. The summed E-state index contributed by atoms with van der Waals surface area (Å²) in [6.07, 6.45) is 1.71. The van der Waals surface area contributed by atoms with Crippen molar-refractivity contribution in [3.8, 4) is 0 Å². The highest BCUT2D eigenvalue weighted by molar-refractivity contribution is 5.85. The van der Waals surface area contributed by atoms with Gasteiger partial charge in [0.1, 0.15) is 0 Å². The third kappa shape index (κ3) is 6.25. The lowest BCUT2D eigenvalue weighted by molar-refractivity contribution is -0.120. The maximum atomic E-state index is 11.4. The molecule has 1 aromatic heterocycles. The summed E-state index contributed by atoms with van der Waals surface area (Å²) in [4.78, 5) is 11.4. The topological polar surface area (TPSA) is 68.2 Å². The second-order valence-corrected chi connectivity index (χ2v) is 3.39. The summed E-state index contributed by atoms with van der Waals surface area (Å²) in [7, 11) is 3.47. The Balaban J connectivity index is 0.00000256. The molecule has 1 aromatic rings. The van der Waals surface area contributed by atoms with Crippen molar-refractivity contribution in [2.45, 2.75) is 6.54 Å². The van der Waals surface area contributed by atoms with Crippen molar-refractivity contribution >= 4 is 18.3 Å². The number of aryl methyl sites for hydroxylation is 1. The number of ether oxygens (including phenoxy) is 1. The largest absolute Gasteiger partial charge is 0.383 e. The molecule has 1 rings (SSSR count). The fourth-order valence-corrected chi connectivity index (χ4v) is 1.20. The van der Waals surface area contributed by atoms with Gasteiger partial charge in [0.2, 0.25) is 5.91 Å². The van der Waals surface area contributed by atoms with Crippen molar-refractivity contribution in [1.82, 2.24) is 20.4 Å². The molecule has 0 fully saturated rings. The smallest absolute Gasteiger partial charge is 0.234 e. The standard InChI is InChI=1S/C10H18N4O2.ClH/c1-14-9(3-4-13-14)7-12-10(15)8-11-5-6-16-2;/h3-4,11H,5-8H2,1-2H3,(H,12,15);1H. The van der Waals surface area contributed by atoms with Crippen LogP contribution in [0, 0.1) is 0 Å². The molecule has 0 aromatic carbocycles. The first kappa shape index (κ1) is 15.9. The number of carbonyl (C=O) groups excluding carboxylic acids is 1. The molecule has 0 spiro atoms. The molecule has 0 saturated heterocycles. The summed E-state index contributed by atoms with van der Waals surface area (Å²) < 4.78 is 6.59. The number of carbonyl (C=O) groups is 1. The van der Waals surface area contributed by atoms with Gasteiger partial charge in [0.25, 0.3) is 0 Å². The minimum absolute atomic E-state index is 0. The number of hydrogen-bond donors (Lipinski definition) is 2. The molecule has 0 aliphatic rings. The highest BCUT2D eigenvalue weighted by Crippen LogP contribution is 1.94. The van der Waals surface area contributed by atoms with Gasteiger partial charge in [-0.2, -0.15) is 5.10 Å². The first-order valence-corrected chi connectivity index (χ1v) is 5.17. The molecule has 0 atom stereocenters. The van der Waals surface area contributed by atoms with Crippen LogP contribution < -0.4 is 10.6 Å². The van der Waals surface area contributed by atoms with Crippen LogP contribution in [0.15, 0.2) is 12.3 Å². The minimum Gasteiger partial charge on any atom is -0.383 e. The Morgan fingerprint density at radius 3 is 2.94 bits per heavy atom. The van der Waals surface area contributed by atoms with Crippen molar-refractivity contribution in [3.05, 3.63) is 18.0 Å². The van der Waals surface area contributed by atoms with Gasteiger partial charge in [0.05, 0.1) is 25.4 Å². The van der Waals surface area contributed by atoms with Crippen LogP contribution in [0.3, 0.4) is 0 Å². The van der Waals surface area contributed by atoms with Gasteiger partial charge in [-0.15, -0.1) is 12.4 Å². The molecule has 0 aliphatic carbocycles. The van der Waals surface area contributed by atoms with Crippen LogP contribution in [0.5, 0.6) is 0 Å². The zero-order valence-corrected chi connectivity index (χ0v) is 10.9. The molecule has 0 unspecified atom stereocenters. The van der Waals surface area contributed by atoms with Crippen LogP contribution in [0.1, 0.15) is 5.69 Å². The van der Waals surface area contributed by atoms with Crippen molar-refractivity contribution in [1.29, 1.82) is 0 Å². The van der Waals surface area contributed by atoms with E-state index in [1.165, 1.54) is 0 Å². The summed E-state index contributed by atoms with van der Waals surface area (Å²) in [5.74, 6) is -0.0303. The molecule has 2 N–H and O–H groups in total. The Hall–Kier alpha value is -1.11. The van der Waals surface area contributed by atoms with Gasteiger partial charge in [-0.25, -0.2) is 0 Å². The van der Waals surface area contributed by atoms with Gasteiger partial charge >= 0.3 is 0 Å². The molecule has 17 heavy (non-hydrogen) atoms. The van der Waals surface area contributed by atoms with E-state index < -0.39 is 0 Å². The van der Waals surface area contributed by atoms with E-state index in [9.17, 15) is 4.79 Å². The monoisotopic (exact) mass is 262 g/mol. The van der Waals surface area contributed by atoms with Crippen LogP contribution in [-0.2, 0) is 23.1 Å². The Morgan fingerprint density at radius 1 is 1.59 bits per heavy atom. The van der Waals surface area contributed by atoms with E-state index in [1.54, 1.807) is 18.0 Å². The second kappa shape index (κ2) is 8.98. The molecular weight excluding hydrogens is 244 g/mol. The van der Waals surface area contributed by atoms with E-state index >= 15 is 0 Å². The Morgan fingerprint density at radius 2 is 2.35 bits per heavy atom. The normalized spacial score (nSPS) is 9.76. The fraction of sp³-hybridized carbons (Fsp3) is 0.600. The molecule has 1 heterocycles. The highest BCUT2D eigenvalue weighted by atomic mass is 35.5. The van der Waals surface area contributed by atoms with Gasteiger partial charge in [-0.1, -0.05) is 0 Å². The zero-order chi connectivity index (χ0) is 11.8. The maximum Gasteiger partial charge on any atom is 0.234 e. The van der Waals surface area contributed by atoms with Gasteiger partial charge in [0.15, 0.2) is 0 Å². The van der Waals surface area contributed by atoms with Gasteiger partial charge in [-0.05, 0) is 6.07 Å². The lowest BCUT2D eigenvalue weighted by atomic mass is 10.4. The van der Waals surface area contributed by atoms with Crippen molar-refractivity contribution in [2.24, 2.45) is 7.05 Å². The van der Waals surface area contributed by atoms with Crippen LogP contribution in [0.4, 0.5) is 0 Å². The van der Waals surface area contributed by atoms with Gasteiger partial charge in [-0.3, -0.25) is 9.48 Å². The average molecular weight is 263 g/mol. The van der Waals surface area contributed by atoms with Crippen molar-refractivity contribution < 1.29 is 9.53 Å². The molecule has 0 saturated carbocycles. The molecule has 1 amide bonds. The van der Waals surface area contributed by atoms with E-state index in [0.29, 0.717) is 26.2 Å². The second-order valence-electron chi connectivity index (χ2n) is 3.39. The first-order chi connectivity index (χ1) is 7.74. The minimum atomic E-state index is -0.0303. The fourth-order valence-electron chi connectivity index (χ4n) is 1.20. The van der Waals surface area contributed by atoms with E-state index in [4.69, 9.17) is 4.74 Å². The third-order valence-electron chi connectivity index (χ3n) is 2.16. The number of hydrogen-bond acceptors (Lipinski definition) is 4. The number of rotatable bonds is 7. The number of nitrogens with zero attached hydrogens (tertiary/aromatic N) is 2. The van der Waals surface area contributed by atoms with E-state index in [2.05, 4.69) is 15.7 Å². The van der Waals surface area contributed by atoms with E-state index in [0.717, 1.165) is 5.69 Å². The molecule has 6 nitrogen and oxygen atoms in total. The number of nitrogens with one attached hydrogen (secondary N) is 2. The summed E-state index contributed by atoms with van der Waals surface area (Å²) in [5.41, 5.74) is 0.977. The number of amides is 1. The quantitative estimate of drug-likeness (QED) is 0.662. The maximum absolute atomic E-state index is 11.4. The molecule has 7 heteroatoms. The predicted octanol–water partition coefficient (Wildman–Crippen LogP) is -0.306. The van der Waals surface area contributed by atoms with Crippen molar-refractivity contribution in [2.75, 3.05) is 26.8 Å². The molecule has 0 bridgehead atoms. The Bertz CT molecular complexity index is 330. The molecule has 98 valence electrons. The molecular formula is C10H19ClN4O2. The highest BCUT2D eigenvalue weighted by Gasteiger charge is 2.02. The number of methoxy groups -OCH3 is 1. The van der Waals surface area contributed by atoms with Crippen LogP contribution >= 0.6 is 12.4 Å². The van der Waals surface area contributed by atoms with Gasteiger partial charge in [0, 0.05) is 26.9 Å². The Labute approximate surface area is 107 Å². The molecule has 0 radical (unpaired) electrons. The molecule has 0 aliphatic heterocycles. The van der Waals surface area contributed by atoms with Crippen LogP contribution in [0.2, 0.25) is 0 Å². The summed E-state index contributed by atoms with van der Waals surface area (Å²) in [6.45, 7) is 2.09. The third-order valence-corrected chi connectivity index (χ3v) is 2.16. The van der Waals surface area contributed by atoms with E-state index in [-0.39, 0.29) is 18.3 Å². The average Bonchev–Trinajstić information content (AvgIpc) is 2.67. The van der Waals surface area contributed by atoms with Crippen LogP contribution in [0.25, 0.3) is 0 Å².